The number of hydrogen-bond acceptors (Lipinski definition) is 3. The minimum Gasteiger partial charge on any atom is -0.355 e. The van der Waals surface area contributed by atoms with Gasteiger partial charge in [0, 0.05) is 20.1 Å². The van der Waals surface area contributed by atoms with Crippen molar-refractivity contribution in [1.29, 1.82) is 0 Å². The summed E-state index contributed by atoms with van der Waals surface area (Å²) in [5.41, 5.74) is 2.48. The molecule has 154 valence electrons. The summed E-state index contributed by atoms with van der Waals surface area (Å²) in [6, 6.07) is 8.56. The van der Waals surface area contributed by atoms with Gasteiger partial charge in [0.1, 0.15) is 0 Å². The van der Waals surface area contributed by atoms with Crippen LogP contribution in [0.1, 0.15) is 50.3 Å². The molecule has 0 saturated heterocycles. The van der Waals surface area contributed by atoms with Crippen molar-refractivity contribution in [3.63, 3.8) is 0 Å². The fourth-order valence-electron chi connectivity index (χ4n) is 2.84. The van der Waals surface area contributed by atoms with Gasteiger partial charge in [-0.15, -0.1) is 24.0 Å². The molecule has 1 aromatic rings. The molecule has 27 heavy (non-hydrogen) atoms. The Labute approximate surface area is 181 Å². The van der Waals surface area contributed by atoms with E-state index in [9.17, 15) is 8.42 Å². The molecule has 0 radical (unpaired) electrons. The number of nitrogens with one attached hydrogen (secondary N) is 3. The summed E-state index contributed by atoms with van der Waals surface area (Å²) in [5, 5.41) is 6.38. The molecule has 2 rings (SSSR count). The second-order valence-corrected chi connectivity index (χ2v) is 8.85. The Morgan fingerprint density at radius 1 is 1.26 bits per heavy atom. The molecule has 0 heterocycles. The third-order valence-corrected chi connectivity index (χ3v) is 6.29. The highest BCUT2D eigenvalue weighted by atomic mass is 127. The van der Waals surface area contributed by atoms with E-state index < -0.39 is 10.0 Å². The summed E-state index contributed by atoms with van der Waals surface area (Å²) in [4.78, 5) is 4.18. The number of halogens is 1. The smallest absolute Gasteiger partial charge is 0.213 e. The number of aryl methyl sites for hydroxylation is 1. The largest absolute Gasteiger partial charge is 0.355 e. The van der Waals surface area contributed by atoms with Crippen LogP contribution in [0.3, 0.4) is 0 Å². The Morgan fingerprint density at radius 3 is 2.44 bits per heavy atom. The van der Waals surface area contributed by atoms with Gasteiger partial charge in [0.2, 0.25) is 10.0 Å². The molecule has 0 bridgehead atoms. The zero-order chi connectivity index (χ0) is 19.0. The molecule has 1 aliphatic carbocycles. The quantitative estimate of drug-likeness (QED) is 0.272. The van der Waals surface area contributed by atoms with Crippen LogP contribution in [0.15, 0.2) is 29.3 Å². The van der Waals surface area contributed by atoms with Crippen molar-refractivity contribution in [1.82, 2.24) is 15.4 Å². The maximum atomic E-state index is 12.0. The summed E-state index contributed by atoms with van der Waals surface area (Å²) < 4.78 is 26.8. The van der Waals surface area contributed by atoms with Gasteiger partial charge in [0.15, 0.2) is 5.96 Å². The highest BCUT2D eigenvalue weighted by Crippen LogP contribution is 2.25. The Balaban J connectivity index is 0.00000364. The average molecular weight is 508 g/mol. The molecule has 0 aromatic heterocycles. The van der Waals surface area contributed by atoms with Crippen molar-refractivity contribution in [2.24, 2.45) is 10.9 Å². The number of guanidine groups is 1. The van der Waals surface area contributed by atoms with Crippen LogP contribution in [-0.4, -0.2) is 40.3 Å². The molecule has 1 atom stereocenters. The lowest BCUT2D eigenvalue weighted by Gasteiger charge is -2.25. The Bertz CT molecular complexity index is 688. The highest BCUT2D eigenvalue weighted by Gasteiger charge is 2.20. The topological polar surface area (TPSA) is 82.6 Å². The zero-order valence-electron chi connectivity index (χ0n) is 16.5. The minimum atomic E-state index is -3.24. The van der Waals surface area contributed by atoms with Gasteiger partial charge in [-0.3, -0.25) is 4.99 Å². The fourth-order valence-corrected chi connectivity index (χ4v) is 3.85. The molecule has 6 nitrogen and oxygen atoms in total. The molecule has 1 unspecified atom stereocenters. The van der Waals surface area contributed by atoms with Crippen molar-refractivity contribution in [2.45, 2.75) is 45.6 Å². The van der Waals surface area contributed by atoms with Crippen molar-refractivity contribution in [3.8, 4) is 0 Å². The first kappa shape index (κ1) is 24.2. The number of aliphatic imine (C=N–C) groups is 1. The molecule has 1 aliphatic rings. The Hall–Kier alpha value is -0.870. The summed E-state index contributed by atoms with van der Waals surface area (Å²) in [6.45, 7) is 5.09. The van der Waals surface area contributed by atoms with Crippen LogP contribution >= 0.6 is 24.0 Å². The van der Waals surface area contributed by atoms with E-state index >= 15 is 0 Å². The summed E-state index contributed by atoms with van der Waals surface area (Å²) >= 11 is 0. The Morgan fingerprint density at radius 2 is 1.93 bits per heavy atom. The lowest BCUT2D eigenvalue weighted by Crippen LogP contribution is -2.42. The molecule has 1 saturated carbocycles. The summed E-state index contributed by atoms with van der Waals surface area (Å²) in [7, 11) is -1.55. The maximum Gasteiger partial charge on any atom is 0.213 e. The molecular weight excluding hydrogens is 475 g/mol. The first-order chi connectivity index (χ1) is 12.4. The maximum absolute atomic E-state index is 12.0. The van der Waals surface area contributed by atoms with E-state index in [1.54, 1.807) is 7.05 Å². The number of hydrogen-bond donors (Lipinski definition) is 3. The molecule has 1 aromatic carbocycles. The van der Waals surface area contributed by atoms with Crippen LogP contribution in [0.25, 0.3) is 0 Å². The third-order valence-electron chi connectivity index (χ3n) is 4.94. The second-order valence-electron chi connectivity index (χ2n) is 6.92. The predicted octanol–water partition coefficient (Wildman–Crippen LogP) is 2.81. The zero-order valence-corrected chi connectivity index (χ0v) is 19.6. The monoisotopic (exact) mass is 508 g/mol. The SMILES string of the molecule is CCc1ccc(C(C)NC(=NC)NCCS(=O)(=O)NCC2CCC2)cc1.I. The lowest BCUT2D eigenvalue weighted by atomic mass is 9.86. The van der Waals surface area contributed by atoms with Gasteiger partial charge in [0.05, 0.1) is 11.8 Å². The first-order valence-corrected chi connectivity index (χ1v) is 11.1. The van der Waals surface area contributed by atoms with Crippen molar-refractivity contribution in [2.75, 3.05) is 25.9 Å². The third kappa shape index (κ3) is 8.35. The van der Waals surface area contributed by atoms with Crippen LogP contribution in [0, 0.1) is 5.92 Å². The van der Waals surface area contributed by atoms with E-state index in [2.05, 4.69) is 58.5 Å². The average Bonchev–Trinajstić information content (AvgIpc) is 2.59. The van der Waals surface area contributed by atoms with Crippen molar-refractivity contribution >= 4 is 40.0 Å². The normalized spacial score (nSPS) is 16.2. The standard InChI is InChI=1S/C19H32N4O2S.HI/c1-4-16-8-10-18(11-9-16)15(2)23-19(20-3)21-12-13-26(24,25)22-14-17-6-5-7-17;/h8-11,15,17,22H,4-7,12-14H2,1-3H3,(H2,20,21,23);1H. The minimum absolute atomic E-state index is 0. The van der Waals surface area contributed by atoms with Crippen LogP contribution in [-0.2, 0) is 16.4 Å². The van der Waals surface area contributed by atoms with Crippen LogP contribution in [0.5, 0.6) is 0 Å². The molecule has 8 heteroatoms. The number of sulfonamides is 1. The van der Waals surface area contributed by atoms with Crippen LogP contribution in [0.4, 0.5) is 0 Å². The molecule has 0 spiro atoms. The summed E-state index contributed by atoms with van der Waals surface area (Å²) in [5.74, 6) is 1.17. The number of rotatable bonds is 9. The van der Waals surface area contributed by atoms with E-state index in [1.165, 1.54) is 17.5 Å². The Kier molecular flexibility index (Phi) is 10.6. The molecule has 0 amide bonds. The van der Waals surface area contributed by atoms with Gasteiger partial charge in [0.25, 0.3) is 0 Å². The van der Waals surface area contributed by atoms with E-state index in [1.807, 2.05) is 0 Å². The molecule has 1 fully saturated rings. The van der Waals surface area contributed by atoms with Crippen LogP contribution in [0.2, 0.25) is 0 Å². The molecule has 3 N–H and O–H groups in total. The van der Waals surface area contributed by atoms with Gasteiger partial charge < -0.3 is 10.6 Å². The highest BCUT2D eigenvalue weighted by molar-refractivity contribution is 14.0. The van der Waals surface area contributed by atoms with Crippen molar-refractivity contribution in [3.05, 3.63) is 35.4 Å². The van der Waals surface area contributed by atoms with Gasteiger partial charge in [-0.25, -0.2) is 13.1 Å². The number of nitrogens with zero attached hydrogens (tertiary/aromatic N) is 1. The van der Waals surface area contributed by atoms with Gasteiger partial charge in [-0.2, -0.15) is 0 Å². The predicted molar refractivity (Wildman–Crippen MR) is 123 cm³/mol. The second kappa shape index (κ2) is 11.9. The van der Waals surface area contributed by atoms with Gasteiger partial charge in [-0.1, -0.05) is 37.6 Å². The molecular formula is C19H33IN4O2S. The van der Waals surface area contributed by atoms with E-state index in [0.717, 1.165) is 19.3 Å². The van der Waals surface area contributed by atoms with Crippen LogP contribution < -0.4 is 15.4 Å². The van der Waals surface area contributed by atoms with Gasteiger partial charge >= 0.3 is 0 Å². The lowest BCUT2D eigenvalue weighted by molar-refractivity contribution is 0.316. The van der Waals surface area contributed by atoms with Crippen molar-refractivity contribution < 1.29 is 8.42 Å². The molecule has 0 aliphatic heterocycles. The fraction of sp³-hybridized carbons (Fsp3) is 0.632. The van der Waals surface area contributed by atoms with E-state index in [4.69, 9.17) is 0 Å². The van der Waals surface area contributed by atoms with Gasteiger partial charge in [-0.05, 0) is 43.2 Å². The number of benzene rings is 1. The first-order valence-electron chi connectivity index (χ1n) is 9.47. The van der Waals surface area contributed by atoms with E-state index in [-0.39, 0.29) is 35.8 Å². The van der Waals surface area contributed by atoms with E-state index in [0.29, 0.717) is 25.0 Å². The summed E-state index contributed by atoms with van der Waals surface area (Å²) in [6.07, 6.45) is 4.51.